The highest BCUT2D eigenvalue weighted by Gasteiger charge is 2.60. The molecule has 0 aliphatic heterocycles. The maximum atomic E-state index is 12.5. The van der Waals surface area contributed by atoms with Crippen molar-refractivity contribution in [3.05, 3.63) is 0 Å². The Balaban J connectivity index is 4.50. The first-order chi connectivity index (χ1) is 5.75. The third-order valence-electron chi connectivity index (χ3n) is 1.27. The molecule has 0 aromatic heterocycles. The molecule has 1 N–H and O–H groups in total. The van der Waals surface area contributed by atoms with Gasteiger partial charge in [0.05, 0.1) is 6.61 Å². The molecule has 8 heteroatoms. The second kappa shape index (κ2) is 4.34. The molecular weight excluding hydrogens is 216 g/mol. The van der Waals surface area contributed by atoms with Crippen LogP contribution in [-0.4, -0.2) is 33.7 Å². The average molecular weight is 224 g/mol. The molecule has 0 amide bonds. The van der Waals surface area contributed by atoms with Crippen LogP contribution >= 0.6 is 0 Å². The fraction of sp³-hybridized carbons (Fsp3) is 1.00. The number of ether oxygens (including phenoxy) is 1. The second-order valence-corrected chi connectivity index (χ2v) is 3.22. The SMILES string of the molecule is COCCC(F)(F)C(F)(F)S(=O)O. The third-order valence-corrected chi connectivity index (χ3v) is 2.00. The molecule has 1 atom stereocenters. The molecule has 0 heterocycles. The summed E-state index contributed by atoms with van der Waals surface area (Å²) >= 11 is -3.89. The van der Waals surface area contributed by atoms with Gasteiger partial charge in [0.1, 0.15) is 0 Å². The molecule has 0 aliphatic carbocycles. The molecule has 1 unspecified atom stereocenters. The van der Waals surface area contributed by atoms with E-state index in [1.54, 1.807) is 0 Å². The summed E-state index contributed by atoms with van der Waals surface area (Å²) in [5.41, 5.74) is 0. The minimum atomic E-state index is -4.94. The predicted molar refractivity (Wildman–Crippen MR) is 37.2 cm³/mol. The fourth-order valence-electron chi connectivity index (χ4n) is 0.504. The molecule has 0 aliphatic rings. The van der Waals surface area contributed by atoms with Crippen LogP contribution in [0.5, 0.6) is 0 Å². The Kier molecular flexibility index (Phi) is 4.27. The van der Waals surface area contributed by atoms with Crippen LogP contribution < -0.4 is 0 Å². The van der Waals surface area contributed by atoms with Gasteiger partial charge in [0.15, 0.2) is 0 Å². The molecular formula is C5H8F4O3S. The van der Waals surface area contributed by atoms with E-state index in [0.717, 1.165) is 7.11 Å². The Morgan fingerprint density at radius 3 is 2.15 bits per heavy atom. The van der Waals surface area contributed by atoms with Crippen LogP contribution in [0.25, 0.3) is 0 Å². The Hall–Kier alpha value is -0.210. The Labute approximate surface area is 74.4 Å². The molecule has 0 radical (unpaired) electrons. The molecule has 80 valence electrons. The van der Waals surface area contributed by atoms with Gasteiger partial charge in [0, 0.05) is 13.5 Å². The quantitative estimate of drug-likeness (QED) is 0.568. The van der Waals surface area contributed by atoms with Crippen molar-refractivity contribution in [1.29, 1.82) is 0 Å². The van der Waals surface area contributed by atoms with Gasteiger partial charge in [0.2, 0.25) is 11.1 Å². The number of rotatable bonds is 5. The molecule has 0 aromatic carbocycles. The molecule has 3 nitrogen and oxygen atoms in total. The molecule has 0 spiro atoms. The van der Waals surface area contributed by atoms with E-state index in [4.69, 9.17) is 4.55 Å². The summed E-state index contributed by atoms with van der Waals surface area (Å²) in [7, 11) is 1.06. The largest absolute Gasteiger partial charge is 0.406 e. The van der Waals surface area contributed by atoms with E-state index in [1.807, 2.05) is 0 Å². The maximum absolute atomic E-state index is 12.5. The van der Waals surface area contributed by atoms with Gasteiger partial charge in [0.25, 0.3) is 0 Å². The van der Waals surface area contributed by atoms with Gasteiger partial charge in [-0.15, -0.1) is 0 Å². The van der Waals surface area contributed by atoms with Crippen molar-refractivity contribution >= 4 is 11.1 Å². The Morgan fingerprint density at radius 1 is 1.38 bits per heavy atom. The highest BCUT2D eigenvalue weighted by molar-refractivity contribution is 7.80. The van der Waals surface area contributed by atoms with Crippen LogP contribution in [0.1, 0.15) is 6.42 Å². The van der Waals surface area contributed by atoms with Gasteiger partial charge in [-0.1, -0.05) is 0 Å². The normalized spacial score (nSPS) is 15.8. The molecule has 0 saturated heterocycles. The summed E-state index contributed by atoms with van der Waals surface area (Å²) < 4.78 is 71.4. The molecule has 0 saturated carbocycles. The fourth-order valence-corrected chi connectivity index (χ4v) is 0.861. The minimum Gasteiger partial charge on any atom is -0.384 e. The number of alkyl halides is 4. The zero-order valence-corrected chi connectivity index (χ0v) is 7.41. The van der Waals surface area contributed by atoms with Crippen LogP contribution in [0.15, 0.2) is 0 Å². The Morgan fingerprint density at radius 2 is 1.85 bits per heavy atom. The summed E-state index contributed by atoms with van der Waals surface area (Å²) in [6.07, 6.45) is -1.30. The van der Waals surface area contributed by atoms with Gasteiger partial charge in [-0.3, -0.25) is 0 Å². The molecule has 0 bridgehead atoms. The van der Waals surface area contributed by atoms with Crippen molar-refractivity contribution in [2.75, 3.05) is 13.7 Å². The van der Waals surface area contributed by atoms with Gasteiger partial charge in [-0.05, 0) is 0 Å². The highest BCUT2D eigenvalue weighted by atomic mass is 32.2. The maximum Gasteiger partial charge on any atom is 0.406 e. The van der Waals surface area contributed by atoms with Crippen LogP contribution in [0.4, 0.5) is 17.6 Å². The van der Waals surface area contributed by atoms with Gasteiger partial charge in [-0.2, -0.15) is 17.6 Å². The molecule has 13 heavy (non-hydrogen) atoms. The van der Waals surface area contributed by atoms with Crippen LogP contribution in [0, 0.1) is 0 Å². The smallest absolute Gasteiger partial charge is 0.384 e. The van der Waals surface area contributed by atoms with Crippen molar-refractivity contribution in [3.8, 4) is 0 Å². The number of hydrogen-bond donors (Lipinski definition) is 1. The average Bonchev–Trinajstić information content (AvgIpc) is 2.00. The van der Waals surface area contributed by atoms with Gasteiger partial charge < -0.3 is 9.29 Å². The number of methoxy groups -OCH3 is 1. The third kappa shape index (κ3) is 2.89. The minimum absolute atomic E-state index is 0.611. The lowest BCUT2D eigenvalue weighted by Gasteiger charge is -2.22. The summed E-state index contributed by atoms with van der Waals surface area (Å²) in [6, 6.07) is 0. The zero-order chi connectivity index (χ0) is 10.7. The van der Waals surface area contributed by atoms with Crippen LogP contribution in [-0.2, 0) is 15.8 Å². The van der Waals surface area contributed by atoms with E-state index in [0.29, 0.717) is 0 Å². The van der Waals surface area contributed by atoms with E-state index in [9.17, 15) is 21.8 Å². The lowest BCUT2D eigenvalue weighted by molar-refractivity contribution is -0.166. The lowest BCUT2D eigenvalue weighted by atomic mass is 10.2. The first kappa shape index (κ1) is 12.8. The van der Waals surface area contributed by atoms with Gasteiger partial charge >= 0.3 is 11.2 Å². The molecule has 0 fully saturated rings. The Bertz CT molecular complexity index is 196. The van der Waals surface area contributed by atoms with Crippen LogP contribution in [0.3, 0.4) is 0 Å². The van der Waals surface area contributed by atoms with E-state index < -0.39 is 35.3 Å². The predicted octanol–water partition coefficient (Wildman–Crippen LogP) is 1.47. The van der Waals surface area contributed by atoms with E-state index in [2.05, 4.69) is 4.74 Å². The first-order valence-corrected chi connectivity index (χ1v) is 4.22. The van der Waals surface area contributed by atoms with E-state index in [1.165, 1.54) is 0 Å². The summed E-state index contributed by atoms with van der Waals surface area (Å²) in [5.74, 6) is -4.54. The monoisotopic (exact) mass is 224 g/mol. The van der Waals surface area contributed by atoms with E-state index >= 15 is 0 Å². The highest BCUT2D eigenvalue weighted by Crippen LogP contribution is 2.38. The summed E-state index contributed by atoms with van der Waals surface area (Å²) in [6.45, 7) is -0.611. The second-order valence-electron chi connectivity index (χ2n) is 2.21. The van der Waals surface area contributed by atoms with Crippen molar-refractivity contribution in [2.45, 2.75) is 17.6 Å². The first-order valence-electron chi connectivity index (χ1n) is 3.11. The molecule has 0 aromatic rings. The molecule has 0 rings (SSSR count). The van der Waals surface area contributed by atoms with Crippen LogP contribution in [0.2, 0.25) is 0 Å². The summed E-state index contributed by atoms with van der Waals surface area (Å²) in [5, 5.41) is -4.94. The number of halogens is 4. The standard InChI is InChI=1S/C5H8F4O3S/c1-12-3-2-4(6,7)5(8,9)13(10)11/h2-3H2,1H3,(H,10,11). The van der Waals surface area contributed by atoms with Crippen molar-refractivity contribution in [3.63, 3.8) is 0 Å². The lowest BCUT2D eigenvalue weighted by Crippen LogP contribution is -2.44. The topological polar surface area (TPSA) is 46.5 Å². The van der Waals surface area contributed by atoms with E-state index in [-0.39, 0.29) is 0 Å². The van der Waals surface area contributed by atoms with Gasteiger partial charge in [-0.25, -0.2) is 4.21 Å². The summed E-state index contributed by atoms with van der Waals surface area (Å²) in [4.78, 5) is 0. The van der Waals surface area contributed by atoms with Crippen molar-refractivity contribution in [2.24, 2.45) is 0 Å². The van der Waals surface area contributed by atoms with Crippen molar-refractivity contribution < 1.29 is 31.1 Å². The number of hydrogen-bond acceptors (Lipinski definition) is 2. The zero-order valence-electron chi connectivity index (χ0n) is 6.60. The van der Waals surface area contributed by atoms with Crippen molar-refractivity contribution in [1.82, 2.24) is 0 Å².